The standard InChI is InChI=1S/C12H17N3O3/c1-12(16)4-5-14(8-12)7-9-2-3-10(13)11(6-9)15(17)18/h2-3,6,16H,4-5,7-8,13H2,1H3. The number of nitro benzene ring substituents is 1. The first-order valence-electron chi connectivity index (χ1n) is 5.85. The quantitative estimate of drug-likeness (QED) is 0.477. The average molecular weight is 251 g/mol. The minimum absolute atomic E-state index is 0.0570. The summed E-state index contributed by atoms with van der Waals surface area (Å²) in [5.74, 6) is 0. The second-order valence-electron chi connectivity index (χ2n) is 5.11. The van der Waals surface area contributed by atoms with Crippen molar-refractivity contribution >= 4 is 11.4 Å². The molecule has 0 saturated carbocycles. The lowest BCUT2D eigenvalue weighted by Crippen LogP contribution is -2.29. The van der Waals surface area contributed by atoms with Crippen LogP contribution in [-0.4, -0.2) is 33.6 Å². The van der Waals surface area contributed by atoms with Gasteiger partial charge in [-0.15, -0.1) is 0 Å². The van der Waals surface area contributed by atoms with E-state index >= 15 is 0 Å². The van der Waals surface area contributed by atoms with Crippen LogP contribution in [0.25, 0.3) is 0 Å². The van der Waals surface area contributed by atoms with Crippen molar-refractivity contribution in [2.45, 2.75) is 25.5 Å². The summed E-state index contributed by atoms with van der Waals surface area (Å²) in [5.41, 5.74) is 5.86. The fourth-order valence-corrected chi connectivity index (χ4v) is 2.28. The van der Waals surface area contributed by atoms with Crippen molar-refractivity contribution in [2.24, 2.45) is 0 Å². The summed E-state index contributed by atoms with van der Waals surface area (Å²) in [6, 6.07) is 4.85. The molecule has 1 aromatic carbocycles. The van der Waals surface area contributed by atoms with Crippen LogP contribution >= 0.6 is 0 Å². The molecular formula is C12H17N3O3. The van der Waals surface area contributed by atoms with E-state index in [2.05, 4.69) is 4.90 Å². The van der Waals surface area contributed by atoms with Crippen LogP contribution in [0.4, 0.5) is 11.4 Å². The van der Waals surface area contributed by atoms with E-state index in [1.807, 2.05) is 0 Å². The lowest BCUT2D eigenvalue weighted by atomic mass is 10.1. The van der Waals surface area contributed by atoms with Gasteiger partial charge in [0.05, 0.1) is 10.5 Å². The summed E-state index contributed by atoms with van der Waals surface area (Å²) in [7, 11) is 0. The third kappa shape index (κ3) is 2.77. The van der Waals surface area contributed by atoms with Gasteiger partial charge in [-0.3, -0.25) is 15.0 Å². The number of nitrogens with zero attached hydrogens (tertiary/aromatic N) is 2. The minimum Gasteiger partial charge on any atom is -0.393 e. The van der Waals surface area contributed by atoms with Gasteiger partial charge >= 0.3 is 0 Å². The van der Waals surface area contributed by atoms with Gasteiger partial charge < -0.3 is 10.8 Å². The monoisotopic (exact) mass is 251 g/mol. The molecule has 1 aromatic rings. The first kappa shape index (κ1) is 12.8. The fraction of sp³-hybridized carbons (Fsp3) is 0.500. The highest BCUT2D eigenvalue weighted by atomic mass is 16.6. The number of nitrogen functional groups attached to an aromatic ring is 1. The SMILES string of the molecule is CC1(O)CCN(Cc2ccc(N)c([N+](=O)[O-])c2)C1. The Bertz CT molecular complexity index is 474. The number of nitro groups is 1. The largest absolute Gasteiger partial charge is 0.393 e. The maximum atomic E-state index is 10.8. The van der Waals surface area contributed by atoms with E-state index in [9.17, 15) is 15.2 Å². The molecule has 6 heteroatoms. The van der Waals surface area contributed by atoms with Crippen molar-refractivity contribution in [3.63, 3.8) is 0 Å². The predicted molar refractivity (Wildman–Crippen MR) is 68.0 cm³/mol. The maximum Gasteiger partial charge on any atom is 0.292 e. The topological polar surface area (TPSA) is 92.6 Å². The van der Waals surface area contributed by atoms with E-state index in [1.54, 1.807) is 19.1 Å². The van der Waals surface area contributed by atoms with Gasteiger partial charge in [0.1, 0.15) is 5.69 Å². The molecule has 0 aliphatic carbocycles. The van der Waals surface area contributed by atoms with Gasteiger partial charge in [-0.2, -0.15) is 0 Å². The van der Waals surface area contributed by atoms with Crippen LogP contribution in [0.2, 0.25) is 0 Å². The Morgan fingerprint density at radius 2 is 2.33 bits per heavy atom. The van der Waals surface area contributed by atoms with Gasteiger partial charge in [-0.25, -0.2) is 0 Å². The Morgan fingerprint density at radius 3 is 2.89 bits per heavy atom. The van der Waals surface area contributed by atoms with Crippen LogP contribution in [0.1, 0.15) is 18.9 Å². The molecule has 1 heterocycles. The molecule has 0 radical (unpaired) electrons. The number of benzene rings is 1. The highest BCUT2D eigenvalue weighted by Gasteiger charge is 2.31. The second-order valence-corrected chi connectivity index (χ2v) is 5.11. The molecule has 18 heavy (non-hydrogen) atoms. The van der Waals surface area contributed by atoms with Crippen molar-refractivity contribution in [1.82, 2.24) is 4.90 Å². The van der Waals surface area contributed by atoms with Gasteiger partial charge in [-0.1, -0.05) is 6.07 Å². The van der Waals surface area contributed by atoms with Crippen LogP contribution < -0.4 is 5.73 Å². The summed E-state index contributed by atoms with van der Waals surface area (Å²) < 4.78 is 0. The van der Waals surface area contributed by atoms with E-state index in [-0.39, 0.29) is 11.4 Å². The van der Waals surface area contributed by atoms with E-state index in [0.717, 1.165) is 18.5 Å². The summed E-state index contributed by atoms with van der Waals surface area (Å²) in [6.07, 6.45) is 0.726. The molecule has 0 bridgehead atoms. The Balaban J connectivity index is 2.11. The summed E-state index contributed by atoms with van der Waals surface area (Å²) in [4.78, 5) is 12.4. The third-order valence-electron chi connectivity index (χ3n) is 3.23. The van der Waals surface area contributed by atoms with Gasteiger partial charge in [0, 0.05) is 25.7 Å². The lowest BCUT2D eigenvalue weighted by Gasteiger charge is -2.18. The van der Waals surface area contributed by atoms with Crippen molar-refractivity contribution in [3.8, 4) is 0 Å². The smallest absolute Gasteiger partial charge is 0.292 e. The number of hydrogen-bond donors (Lipinski definition) is 2. The second kappa shape index (κ2) is 4.55. The van der Waals surface area contributed by atoms with E-state index in [1.165, 1.54) is 6.07 Å². The molecule has 1 fully saturated rings. The number of aliphatic hydroxyl groups is 1. The molecule has 1 unspecified atom stereocenters. The summed E-state index contributed by atoms with van der Waals surface area (Å²) >= 11 is 0. The van der Waals surface area contributed by atoms with Crippen molar-refractivity contribution < 1.29 is 10.0 Å². The number of rotatable bonds is 3. The van der Waals surface area contributed by atoms with Gasteiger partial charge in [0.25, 0.3) is 5.69 Å². The summed E-state index contributed by atoms with van der Waals surface area (Å²) in [5, 5.41) is 20.6. The molecule has 3 N–H and O–H groups in total. The first-order chi connectivity index (χ1) is 8.37. The normalized spacial score (nSPS) is 24.3. The van der Waals surface area contributed by atoms with Crippen LogP contribution in [0.15, 0.2) is 18.2 Å². The van der Waals surface area contributed by atoms with Gasteiger partial charge in [0.2, 0.25) is 0 Å². The highest BCUT2D eigenvalue weighted by molar-refractivity contribution is 5.59. The molecule has 0 aromatic heterocycles. The van der Waals surface area contributed by atoms with Crippen molar-refractivity contribution in [1.29, 1.82) is 0 Å². The Labute approximate surface area is 105 Å². The van der Waals surface area contributed by atoms with Gasteiger partial charge in [0.15, 0.2) is 0 Å². The Morgan fingerprint density at radius 1 is 1.61 bits per heavy atom. The zero-order valence-electron chi connectivity index (χ0n) is 10.3. The molecule has 98 valence electrons. The first-order valence-corrected chi connectivity index (χ1v) is 5.85. The molecule has 2 rings (SSSR count). The van der Waals surface area contributed by atoms with E-state index in [0.29, 0.717) is 13.1 Å². The molecule has 1 aliphatic rings. The lowest BCUT2D eigenvalue weighted by molar-refractivity contribution is -0.384. The number of hydrogen-bond acceptors (Lipinski definition) is 5. The Hall–Kier alpha value is -1.66. The zero-order valence-corrected chi connectivity index (χ0v) is 10.3. The molecule has 6 nitrogen and oxygen atoms in total. The zero-order chi connectivity index (χ0) is 13.3. The van der Waals surface area contributed by atoms with Crippen LogP contribution in [-0.2, 0) is 6.54 Å². The molecule has 0 spiro atoms. The van der Waals surface area contributed by atoms with Crippen molar-refractivity contribution in [2.75, 3.05) is 18.8 Å². The van der Waals surface area contributed by atoms with Crippen LogP contribution in [0.3, 0.4) is 0 Å². The molecule has 1 aliphatic heterocycles. The maximum absolute atomic E-state index is 10.8. The number of anilines is 1. The highest BCUT2D eigenvalue weighted by Crippen LogP contribution is 2.26. The van der Waals surface area contributed by atoms with Crippen molar-refractivity contribution in [3.05, 3.63) is 33.9 Å². The summed E-state index contributed by atoms with van der Waals surface area (Å²) in [6.45, 7) is 3.78. The average Bonchev–Trinajstić information content (AvgIpc) is 2.60. The molecule has 0 amide bonds. The number of β-amino-alcohol motifs (C(OH)–C–C–N with tert-alkyl or cyclic N) is 1. The number of likely N-dealkylation sites (tertiary alicyclic amines) is 1. The van der Waals surface area contributed by atoms with Crippen LogP contribution in [0, 0.1) is 10.1 Å². The number of nitrogens with two attached hydrogens (primary N) is 1. The third-order valence-corrected chi connectivity index (χ3v) is 3.23. The van der Waals surface area contributed by atoms with Gasteiger partial charge in [-0.05, 0) is 25.0 Å². The minimum atomic E-state index is -0.653. The fourth-order valence-electron chi connectivity index (χ4n) is 2.28. The van der Waals surface area contributed by atoms with E-state index < -0.39 is 10.5 Å². The molecule has 1 saturated heterocycles. The van der Waals surface area contributed by atoms with Crippen LogP contribution in [0.5, 0.6) is 0 Å². The van der Waals surface area contributed by atoms with E-state index in [4.69, 9.17) is 5.73 Å². The predicted octanol–water partition coefficient (Wildman–Crippen LogP) is 1.13. The molecular weight excluding hydrogens is 234 g/mol. The Kier molecular flexibility index (Phi) is 3.23. The molecule has 1 atom stereocenters.